The van der Waals surface area contributed by atoms with Crippen LogP contribution in [-0.2, 0) is 4.79 Å². The fourth-order valence-electron chi connectivity index (χ4n) is 2.53. The Balaban J connectivity index is 1.63. The molecule has 0 aromatic heterocycles. The summed E-state index contributed by atoms with van der Waals surface area (Å²) in [7, 11) is 0. The normalized spacial score (nSPS) is 18.3. The molecule has 1 saturated carbocycles. The molecule has 2 aromatic carbocycles. The van der Waals surface area contributed by atoms with Crippen LogP contribution in [-0.4, -0.2) is 16.7 Å². The lowest BCUT2D eigenvalue weighted by molar-refractivity contribution is -0.384. The number of non-ortho nitro benzene ring substituents is 1. The molecule has 1 aliphatic carbocycles. The molecular formula is C18H17N3O4. The molecule has 2 aromatic rings. The first-order valence-corrected chi connectivity index (χ1v) is 7.91. The SMILES string of the molecule is C[C@H]1C[C@@H]1C(=O)Nc1ccc(C(=O)Nc2cccc([N+](=O)[O-])c2)cc1. The number of nitro groups is 1. The van der Waals surface area contributed by atoms with E-state index in [0.717, 1.165) is 6.42 Å². The van der Waals surface area contributed by atoms with Gasteiger partial charge < -0.3 is 10.6 Å². The van der Waals surface area contributed by atoms with Crippen LogP contribution in [0, 0.1) is 22.0 Å². The van der Waals surface area contributed by atoms with Crippen LogP contribution in [0.1, 0.15) is 23.7 Å². The largest absolute Gasteiger partial charge is 0.326 e. The van der Waals surface area contributed by atoms with Gasteiger partial charge in [0.2, 0.25) is 5.91 Å². The molecule has 1 fully saturated rings. The van der Waals surface area contributed by atoms with Crippen LogP contribution in [0.5, 0.6) is 0 Å². The zero-order valence-corrected chi connectivity index (χ0v) is 13.6. The summed E-state index contributed by atoms with van der Waals surface area (Å²) in [6.07, 6.45) is 0.912. The second-order valence-corrected chi connectivity index (χ2v) is 6.15. The number of amides is 2. The van der Waals surface area contributed by atoms with Gasteiger partial charge in [-0.15, -0.1) is 0 Å². The maximum Gasteiger partial charge on any atom is 0.271 e. The Kier molecular flexibility index (Phi) is 4.47. The lowest BCUT2D eigenvalue weighted by atomic mass is 10.1. The second kappa shape index (κ2) is 6.72. The van der Waals surface area contributed by atoms with Gasteiger partial charge in [-0.2, -0.15) is 0 Å². The van der Waals surface area contributed by atoms with E-state index in [1.165, 1.54) is 18.2 Å². The van der Waals surface area contributed by atoms with E-state index in [4.69, 9.17) is 0 Å². The maximum absolute atomic E-state index is 12.2. The van der Waals surface area contributed by atoms with Gasteiger partial charge in [-0.05, 0) is 42.7 Å². The van der Waals surface area contributed by atoms with Crippen LogP contribution in [0.4, 0.5) is 17.1 Å². The number of nitrogens with zero attached hydrogens (tertiary/aromatic N) is 1. The first kappa shape index (κ1) is 16.6. The van der Waals surface area contributed by atoms with Crippen molar-refractivity contribution in [2.75, 3.05) is 10.6 Å². The molecule has 0 unspecified atom stereocenters. The van der Waals surface area contributed by atoms with Gasteiger partial charge in [-0.25, -0.2) is 0 Å². The fourth-order valence-corrected chi connectivity index (χ4v) is 2.53. The molecule has 0 saturated heterocycles. The van der Waals surface area contributed by atoms with Crippen LogP contribution in [0.2, 0.25) is 0 Å². The Morgan fingerprint density at radius 1 is 1.08 bits per heavy atom. The number of anilines is 2. The van der Waals surface area contributed by atoms with Crippen molar-refractivity contribution in [2.24, 2.45) is 11.8 Å². The van der Waals surface area contributed by atoms with Crippen molar-refractivity contribution in [1.29, 1.82) is 0 Å². The van der Waals surface area contributed by atoms with Crippen LogP contribution in [0.25, 0.3) is 0 Å². The summed E-state index contributed by atoms with van der Waals surface area (Å²) in [4.78, 5) is 34.4. The lowest BCUT2D eigenvalue weighted by Crippen LogP contribution is -2.15. The number of hydrogen-bond donors (Lipinski definition) is 2. The van der Waals surface area contributed by atoms with Gasteiger partial charge in [-0.1, -0.05) is 13.0 Å². The predicted octanol–water partition coefficient (Wildman–Crippen LogP) is 3.44. The van der Waals surface area contributed by atoms with E-state index in [0.29, 0.717) is 22.9 Å². The minimum atomic E-state index is -0.520. The zero-order chi connectivity index (χ0) is 18.0. The first-order valence-electron chi connectivity index (χ1n) is 7.91. The summed E-state index contributed by atoms with van der Waals surface area (Å²) in [6, 6.07) is 12.2. The summed E-state index contributed by atoms with van der Waals surface area (Å²) in [5.74, 6) is 0.132. The highest BCUT2D eigenvalue weighted by molar-refractivity contribution is 6.04. The van der Waals surface area contributed by atoms with E-state index < -0.39 is 4.92 Å². The third-order valence-electron chi connectivity index (χ3n) is 4.18. The number of benzene rings is 2. The Bertz CT molecular complexity index is 832. The molecule has 7 nitrogen and oxygen atoms in total. The van der Waals surface area contributed by atoms with E-state index in [9.17, 15) is 19.7 Å². The van der Waals surface area contributed by atoms with Crippen LogP contribution >= 0.6 is 0 Å². The third-order valence-corrected chi connectivity index (χ3v) is 4.18. The van der Waals surface area contributed by atoms with Gasteiger partial charge in [0.05, 0.1) is 4.92 Å². The van der Waals surface area contributed by atoms with E-state index in [1.807, 2.05) is 6.92 Å². The molecule has 0 spiro atoms. The van der Waals surface area contributed by atoms with Crippen molar-refractivity contribution in [2.45, 2.75) is 13.3 Å². The molecule has 2 amide bonds. The first-order chi connectivity index (χ1) is 11.9. The van der Waals surface area contributed by atoms with Gasteiger partial charge >= 0.3 is 0 Å². The van der Waals surface area contributed by atoms with Crippen molar-refractivity contribution >= 4 is 28.9 Å². The molecule has 0 aliphatic heterocycles. The van der Waals surface area contributed by atoms with Crippen molar-refractivity contribution in [3.8, 4) is 0 Å². The highest BCUT2D eigenvalue weighted by Crippen LogP contribution is 2.38. The molecule has 128 valence electrons. The summed E-state index contributed by atoms with van der Waals surface area (Å²) in [5, 5.41) is 16.2. The Morgan fingerprint density at radius 3 is 2.36 bits per heavy atom. The van der Waals surface area contributed by atoms with Crippen molar-refractivity contribution in [3.63, 3.8) is 0 Å². The molecular weight excluding hydrogens is 322 g/mol. The highest BCUT2D eigenvalue weighted by Gasteiger charge is 2.39. The number of carbonyl (C=O) groups excluding carboxylic acids is 2. The summed E-state index contributed by atoms with van der Waals surface area (Å²) < 4.78 is 0. The smallest absolute Gasteiger partial charge is 0.271 e. The van der Waals surface area contributed by atoms with Gasteiger partial charge in [0, 0.05) is 35.0 Å². The van der Waals surface area contributed by atoms with E-state index in [1.54, 1.807) is 30.3 Å². The molecule has 0 radical (unpaired) electrons. The number of rotatable bonds is 5. The van der Waals surface area contributed by atoms with Gasteiger partial charge in [0.15, 0.2) is 0 Å². The molecule has 0 heterocycles. The van der Waals surface area contributed by atoms with Gasteiger partial charge in [0.1, 0.15) is 0 Å². The monoisotopic (exact) mass is 339 g/mol. The third kappa shape index (κ3) is 4.00. The highest BCUT2D eigenvalue weighted by atomic mass is 16.6. The topological polar surface area (TPSA) is 101 Å². The summed E-state index contributed by atoms with van der Waals surface area (Å²) >= 11 is 0. The summed E-state index contributed by atoms with van der Waals surface area (Å²) in [5.41, 5.74) is 1.28. The molecule has 0 bridgehead atoms. The van der Waals surface area contributed by atoms with Crippen molar-refractivity contribution in [1.82, 2.24) is 0 Å². The quantitative estimate of drug-likeness (QED) is 0.643. The number of nitro benzene ring substituents is 1. The van der Waals surface area contributed by atoms with E-state index >= 15 is 0 Å². The van der Waals surface area contributed by atoms with Crippen molar-refractivity contribution in [3.05, 3.63) is 64.2 Å². The van der Waals surface area contributed by atoms with Gasteiger partial charge in [0.25, 0.3) is 11.6 Å². The minimum absolute atomic E-state index is 0.00120. The zero-order valence-electron chi connectivity index (χ0n) is 13.6. The Labute approximate surface area is 144 Å². The molecule has 3 rings (SSSR count). The molecule has 7 heteroatoms. The fraction of sp³-hybridized carbons (Fsp3) is 0.222. The average Bonchev–Trinajstić information content (AvgIpc) is 3.32. The molecule has 2 N–H and O–H groups in total. The van der Waals surface area contributed by atoms with Crippen LogP contribution < -0.4 is 10.6 Å². The standard InChI is InChI=1S/C18H17N3O4/c1-11-9-16(11)18(23)19-13-7-5-12(6-8-13)17(22)20-14-3-2-4-15(10-14)21(24)25/h2-8,10-11,16H,9H2,1H3,(H,19,23)(H,20,22)/t11-,16-/m0/s1. The van der Waals surface area contributed by atoms with E-state index in [-0.39, 0.29) is 23.4 Å². The number of nitrogens with one attached hydrogen (secondary N) is 2. The van der Waals surface area contributed by atoms with E-state index in [2.05, 4.69) is 10.6 Å². The molecule has 1 aliphatic rings. The van der Waals surface area contributed by atoms with Crippen LogP contribution in [0.15, 0.2) is 48.5 Å². The van der Waals surface area contributed by atoms with Crippen molar-refractivity contribution < 1.29 is 14.5 Å². The minimum Gasteiger partial charge on any atom is -0.326 e. The Hall–Kier alpha value is -3.22. The maximum atomic E-state index is 12.2. The lowest BCUT2D eigenvalue weighted by Gasteiger charge is -2.07. The average molecular weight is 339 g/mol. The summed E-state index contributed by atoms with van der Waals surface area (Å²) in [6.45, 7) is 2.03. The predicted molar refractivity (Wildman–Crippen MR) is 93.4 cm³/mol. The number of hydrogen-bond acceptors (Lipinski definition) is 4. The van der Waals surface area contributed by atoms with Gasteiger partial charge in [-0.3, -0.25) is 19.7 Å². The van der Waals surface area contributed by atoms with Crippen LogP contribution in [0.3, 0.4) is 0 Å². The molecule has 25 heavy (non-hydrogen) atoms. The Morgan fingerprint density at radius 2 is 1.76 bits per heavy atom. The number of carbonyl (C=O) groups is 2. The molecule has 2 atom stereocenters. The second-order valence-electron chi connectivity index (χ2n) is 6.15.